The van der Waals surface area contributed by atoms with Crippen molar-refractivity contribution in [1.29, 1.82) is 0 Å². The van der Waals surface area contributed by atoms with Gasteiger partial charge in [-0.05, 0) is 73.6 Å². The maximum absolute atomic E-state index is 13.6. The second kappa shape index (κ2) is 12.2. The number of aromatic nitrogens is 1. The molecule has 7 rings (SSSR count). The monoisotopic (exact) mass is 640 g/mol. The number of nitrogens with zero attached hydrogens (tertiary/aromatic N) is 5. The Bertz CT molecular complexity index is 1760. The third kappa shape index (κ3) is 5.49. The van der Waals surface area contributed by atoms with Gasteiger partial charge >= 0.3 is 6.03 Å². The van der Waals surface area contributed by atoms with Crippen molar-refractivity contribution < 1.29 is 24.0 Å². The van der Waals surface area contributed by atoms with E-state index in [9.17, 15) is 24.0 Å². The molecule has 0 aliphatic carbocycles. The Hall–Kier alpha value is -4.77. The third-order valence-electron chi connectivity index (χ3n) is 9.43. The van der Waals surface area contributed by atoms with Gasteiger partial charge in [-0.2, -0.15) is 0 Å². The molecule has 3 aromatic rings. The zero-order valence-corrected chi connectivity index (χ0v) is 25.9. The Labute approximate surface area is 271 Å². The first-order valence-corrected chi connectivity index (χ1v) is 16.0. The number of carbonyl (C=O) groups is 5. The average molecular weight is 641 g/mol. The van der Waals surface area contributed by atoms with Gasteiger partial charge < -0.3 is 9.80 Å². The molecule has 236 valence electrons. The van der Waals surface area contributed by atoms with Gasteiger partial charge in [-0.25, -0.2) is 4.79 Å². The molecule has 2 aromatic carbocycles. The lowest BCUT2D eigenvalue weighted by Crippen LogP contribution is -2.54. The van der Waals surface area contributed by atoms with Crippen LogP contribution in [0.5, 0.6) is 0 Å². The van der Waals surface area contributed by atoms with E-state index in [0.29, 0.717) is 30.6 Å². The van der Waals surface area contributed by atoms with E-state index in [1.54, 1.807) is 30.6 Å². The number of piperidine rings is 2. The number of urea groups is 1. The van der Waals surface area contributed by atoms with Crippen LogP contribution < -0.4 is 15.1 Å². The third-order valence-corrected chi connectivity index (χ3v) is 9.76. The van der Waals surface area contributed by atoms with Crippen LogP contribution in [0.4, 0.5) is 16.2 Å². The number of hydrogen-bond donors (Lipinski definition) is 1. The van der Waals surface area contributed by atoms with Crippen LogP contribution in [-0.4, -0.2) is 83.2 Å². The van der Waals surface area contributed by atoms with E-state index in [0.717, 1.165) is 59.8 Å². The zero-order valence-electron chi connectivity index (χ0n) is 25.2. The van der Waals surface area contributed by atoms with E-state index in [1.165, 1.54) is 0 Å². The number of benzene rings is 2. The summed E-state index contributed by atoms with van der Waals surface area (Å²) >= 11 is 6.40. The molecule has 4 aliphatic heterocycles. The minimum atomic E-state index is -0.985. The number of rotatable bonds is 6. The van der Waals surface area contributed by atoms with Gasteiger partial charge in [0.25, 0.3) is 11.8 Å². The first-order chi connectivity index (χ1) is 22.3. The highest BCUT2D eigenvalue weighted by Crippen LogP contribution is 2.34. The molecule has 0 bridgehead atoms. The summed E-state index contributed by atoms with van der Waals surface area (Å²) in [4.78, 5) is 75.1. The van der Waals surface area contributed by atoms with E-state index in [4.69, 9.17) is 11.6 Å². The van der Waals surface area contributed by atoms with Crippen LogP contribution in [0.25, 0.3) is 11.1 Å². The first-order valence-electron chi connectivity index (χ1n) is 15.7. The molecule has 3 fully saturated rings. The molecule has 4 aliphatic rings. The van der Waals surface area contributed by atoms with E-state index in [1.807, 2.05) is 40.1 Å². The molecule has 12 heteroatoms. The fourth-order valence-corrected chi connectivity index (χ4v) is 7.18. The molecule has 1 unspecified atom stereocenters. The Morgan fingerprint density at radius 2 is 1.63 bits per heavy atom. The molecule has 1 N–H and O–H groups in total. The van der Waals surface area contributed by atoms with Gasteiger partial charge in [-0.1, -0.05) is 23.7 Å². The van der Waals surface area contributed by atoms with Crippen molar-refractivity contribution in [3.8, 4) is 11.1 Å². The van der Waals surface area contributed by atoms with Crippen LogP contribution in [0.15, 0.2) is 60.9 Å². The number of amides is 6. The van der Waals surface area contributed by atoms with E-state index < -0.39 is 29.7 Å². The highest BCUT2D eigenvalue weighted by molar-refractivity contribution is 6.33. The van der Waals surface area contributed by atoms with Crippen molar-refractivity contribution in [2.45, 2.75) is 38.1 Å². The molecule has 0 saturated carbocycles. The summed E-state index contributed by atoms with van der Waals surface area (Å²) in [5.41, 5.74) is 3.97. The van der Waals surface area contributed by atoms with Crippen molar-refractivity contribution in [2.75, 3.05) is 42.5 Å². The number of nitrogens with one attached hydrogen (secondary N) is 1. The summed E-state index contributed by atoms with van der Waals surface area (Å²) in [5, 5.41) is 2.84. The summed E-state index contributed by atoms with van der Waals surface area (Å²) in [5.74, 6) is -1.70. The smallest absolute Gasteiger partial charge is 0.324 e. The summed E-state index contributed by atoms with van der Waals surface area (Å²) in [6.45, 7) is 3.55. The van der Waals surface area contributed by atoms with Crippen molar-refractivity contribution in [1.82, 2.24) is 20.1 Å². The molecule has 1 aromatic heterocycles. The number of imide groups is 2. The van der Waals surface area contributed by atoms with Crippen LogP contribution in [0.2, 0.25) is 5.02 Å². The number of fused-ring (bicyclic) bond motifs is 1. The summed E-state index contributed by atoms with van der Waals surface area (Å²) in [7, 11) is 0. The summed E-state index contributed by atoms with van der Waals surface area (Å²) in [6.07, 6.45) is 6.23. The number of anilines is 2. The molecule has 0 radical (unpaired) electrons. The second-order valence-corrected chi connectivity index (χ2v) is 12.7. The standard InChI is InChI=1S/C34H33ClN6O5/c35-28-9-12-36-19-27(28)22-3-1-4-24(17-22)40-14-2-13-39(34(40)46)20-21-10-15-38(16-11-21)23-5-6-25-26(18-23)33(45)41(32(25)44)29-7-8-30(42)37-31(29)43/h1,3-6,9,12,17-19,21,29H,2,7-8,10-11,13-16,20H2,(H,37,42,43). The lowest BCUT2D eigenvalue weighted by molar-refractivity contribution is -0.136. The number of hydrogen-bond acceptors (Lipinski definition) is 7. The molecule has 5 heterocycles. The van der Waals surface area contributed by atoms with Crippen molar-refractivity contribution in [3.63, 3.8) is 0 Å². The molecule has 0 spiro atoms. The molecular formula is C34H33ClN6O5. The van der Waals surface area contributed by atoms with Crippen LogP contribution in [0, 0.1) is 5.92 Å². The summed E-state index contributed by atoms with van der Waals surface area (Å²) < 4.78 is 0. The van der Waals surface area contributed by atoms with Crippen molar-refractivity contribution in [3.05, 3.63) is 77.1 Å². The summed E-state index contributed by atoms with van der Waals surface area (Å²) in [6, 6.07) is 13.9. The minimum Gasteiger partial charge on any atom is -0.371 e. The van der Waals surface area contributed by atoms with Crippen LogP contribution in [0.3, 0.4) is 0 Å². The maximum Gasteiger partial charge on any atom is 0.324 e. The molecule has 3 saturated heterocycles. The second-order valence-electron chi connectivity index (χ2n) is 12.2. The highest BCUT2D eigenvalue weighted by Gasteiger charge is 2.45. The lowest BCUT2D eigenvalue weighted by Gasteiger charge is -2.40. The van der Waals surface area contributed by atoms with Gasteiger partial charge in [0, 0.05) is 68.5 Å². The number of halogens is 1. The van der Waals surface area contributed by atoms with Crippen LogP contribution in [-0.2, 0) is 9.59 Å². The zero-order chi connectivity index (χ0) is 31.9. The van der Waals surface area contributed by atoms with Crippen LogP contribution in [0.1, 0.15) is 52.8 Å². The molecule has 46 heavy (non-hydrogen) atoms. The Balaban J connectivity index is 0.980. The first kappa shape index (κ1) is 29.9. The minimum absolute atomic E-state index is 0.00508. The fraction of sp³-hybridized carbons (Fsp3) is 0.353. The van der Waals surface area contributed by atoms with Gasteiger partial charge in [-0.15, -0.1) is 0 Å². The maximum atomic E-state index is 13.6. The van der Waals surface area contributed by atoms with Gasteiger partial charge in [0.15, 0.2) is 0 Å². The van der Waals surface area contributed by atoms with Crippen molar-refractivity contribution in [2.24, 2.45) is 5.92 Å². The molecule has 1 atom stereocenters. The molecule has 11 nitrogen and oxygen atoms in total. The van der Waals surface area contributed by atoms with E-state index in [-0.39, 0.29) is 30.0 Å². The Morgan fingerprint density at radius 3 is 2.41 bits per heavy atom. The normalized spacial score (nSPS) is 20.8. The average Bonchev–Trinajstić information content (AvgIpc) is 3.31. The van der Waals surface area contributed by atoms with Crippen molar-refractivity contribution >= 4 is 52.6 Å². The predicted octanol–water partition coefficient (Wildman–Crippen LogP) is 4.35. The molecular weight excluding hydrogens is 608 g/mol. The van der Waals surface area contributed by atoms with E-state index in [2.05, 4.69) is 15.2 Å². The Morgan fingerprint density at radius 1 is 0.826 bits per heavy atom. The van der Waals surface area contributed by atoms with Gasteiger partial charge in [0.05, 0.1) is 16.1 Å². The van der Waals surface area contributed by atoms with Gasteiger partial charge in [0.1, 0.15) is 6.04 Å². The largest absolute Gasteiger partial charge is 0.371 e. The SMILES string of the molecule is O=C1CCC(N2C(=O)c3ccc(N4CCC(CN5CCCN(c6cccc(-c7cnccc7Cl)c6)C5=O)CC4)cc3C2=O)C(=O)N1. The number of carbonyl (C=O) groups excluding carboxylic acids is 5. The fourth-order valence-electron chi connectivity index (χ4n) is 6.96. The highest BCUT2D eigenvalue weighted by atomic mass is 35.5. The topological polar surface area (TPSA) is 123 Å². The van der Waals surface area contributed by atoms with Gasteiger partial charge in [0.2, 0.25) is 11.8 Å². The van der Waals surface area contributed by atoms with E-state index >= 15 is 0 Å². The lowest BCUT2D eigenvalue weighted by atomic mass is 9.95. The number of pyridine rings is 1. The Kier molecular flexibility index (Phi) is 7.94. The predicted molar refractivity (Wildman–Crippen MR) is 172 cm³/mol. The van der Waals surface area contributed by atoms with Gasteiger partial charge in [-0.3, -0.25) is 39.3 Å². The quantitative estimate of drug-likeness (QED) is 0.398. The van der Waals surface area contributed by atoms with Crippen LogP contribution >= 0.6 is 11.6 Å². The molecule has 6 amide bonds.